The number of carbonyl (C=O) groups is 1. The molecule has 1 fully saturated rings. The van der Waals surface area contributed by atoms with Gasteiger partial charge in [-0.15, -0.1) is 0 Å². The van der Waals surface area contributed by atoms with Crippen LogP contribution in [0.2, 0.25) is 0 Å². The first-order chi connectivity index (χ1) is 12.1. The standard InChI is InChI=1S/C19H26N4O2/c1-14-9-12-22(13-18(14)25-3)19(24)21-15(2)16-7-4-5-8-17(16)23-11-6-10-20-23/h4-8,10-11,14-15,18H,9,12-13H2,1-3H3,(H,21,24)/t14-,15-,18-/m1/s1. The number of hydrogen-bond acceptors (Lipinski definition) is 3. The molecule has 1 aliphatic rings. The molecule has 134 valence electrons. The fraction of sp³-hybridized carbons (Fsp3) is 0.474. The summed E-state index contributed by atoms with van der Waals surface area (Å²) in [5.74, 6) is 0.479. The maximum atomic E-state index is 12.7. The topological polar surface area (TPSA) is 59.4 Å². The fourth-order valence-corrected chi connectivity index (χ4v) is 3.35. The molecule has 1 aromatic carbocycles. The number of benzene rings is 1. The van der Waals surface area contributed by atoms with Gasteiger partial charge in [-0.3, -0.25) is 0 Å². The molecule has 3 rings (SSSR count). The summed E-state index contributed by atoms with van der Waals surface area (Å²) in [6.45, 7) is 5.57. The third kappa shape index (κ3) is 3.85. The van der Waals surface area contributed by atoms with Gasteiger partial charge in [-0.2, -0.15) is 5.10 Å². The monoisotopic (exact) mass is 342 g/mol. The van der Waals surface area contributed by atoms with E-state index < -0.39 is 0 Å². The zero-order chi connectivity index (χ0) is 17.8. The first-order valence-corrected chi connectivity index (χ1v) is 8.77. The molecule has 1 saturated heterocycles. The van der Waals surface area contributed by atoms with Crippen LogP contribution in [0.1, 0.15) is 31.9 Å². The zero-order valence-corrected chi connectivity index (χ0v) is 15.1. The summed E-state index contributed by atoms with van der Waals surface area (Å²) in [6.07, 6.45) is 4.72. The predicted octanol–water partition coefficient (Wildman–Crippen LogP) is 3.00. The van der Waals surface area contributed by atoms with Crippen LogP contribution in [0.4, 0.5) is 4.79 Å². The summed E-state index contributed by atoms with van der Waals surface area (Å²) in [5.41, 5.74) is 2.01. The average Bonchev–Trinajstić information content (AvgIpc) is 3.16. The summed E-state index contributed by atoms with van der Waals surface area (Å²) in [4.78, 5) is 14.5. The number of aromatic nitrogens is 2. The lowest BCUT2D eigenvalue weighted by Crippen LogP contribution is -2.50. The molecular formula is C19H26N4O2. The van der Waals surface area contributed by atoms with Gasteiger partial charge >= 0.3 is 6.03 Å². The van der Waals surface area contributed by atoms with Crippen LogP contribution < -0.4 is 5.32 Å². The van der Waals surface area contributed by atoms with Gasteiger partial charge in [0.25, 0.3) is 0 Å². The molecule has 2 amide bonds. The van der Waals surface area contributed by atoms with Gasteiger partial charge in [0.1, 0.15) is 0 Å². The number of rotatable bonds is 4. The van der Waals surface area contributed by atoms with E-state index >= 15 is 0 Å². The van der Waals surface area contributed by atoms with Gasteiger partial charge in [-0.25, -0.2) is 9.48 Å². The van der Waals surface area contributed by atoms with Crippen LogP contribution >= 0.6 is 0 Å². The van der Waals surface area contributed by atoms with E-state index in [-0.39, 0.29) is 18.2 Å². The zero-order valence-electron chi connectivity index (χ0n) is 15.1. The minimum Gasteiger partial charge on any atom is -0.379 e. The lowest BCUT2D eigenvalue weighted by Gasteiger charge is -2.36. The van der Waals surface area contributed by atoms with Crippen molar-refractivity contribution in [2.45, 2.75) is 32.4 Å². The minimum atomic E-state index is -0.117. The van der Waals surface area contributed by atoms with Crippen molar-refractivity contribution >= 4 is 6.03 Å². The van der Waals surface area contributed by atoms with E-state index in [0.717, 1.165) is 24.2 Å². The number of methoxy groups -OCH3 is 1. The summed E-state index contributed by atoms with van der Waals surface area (Å²) in [7, 11) is 1.71. The number of carbonyl (C=O) groups excluding carboxylic acids is 1. The molecule has 6 heteroatoms. The Kier molecular flexibility index (Phi) is 5.38. The van der Waals surface area contributed by atoms with Crippen molar-refractivity contribution in [1.29, 1.82) is 0 Å². The minimum absolute atomic E-state index is 0.0447. The number of amides is 2. The highest BCUT2D eigenvalue weighted by Gasteiger charge is 2.29. The van der Waals surface area contributed by atoms with Crippen molar-refractivity contribution in [3.63, 3.8) is 0 Å². The molecule has 2 heterocycles. The maximum Gasteiger partial charge on any atom is 0.317 e. The molecule has 0 radical (unpaired) electrons. The van der Waals surface area contributed by atoms with Crippen molar-refractivity contribution in [1.82, 2.24) is 20.0 Å². The van der Waals surface area contributed by atoms with Crippen LogP contribution in [0.3, 0.4) is 0 Å². The molecular weight excluding hydrogens is 316 g/mol. The van der Waals surface area contributed by atoms with Crippen molar-refractivity contribution in [3.05, 3.63) is 48.3 Å². The van der Waals surface area contributed by atoms with Gasteiger partial charge in [0.15, 0.2) is 0 Å². The first kappa shape index (κ1) is 17.5. The van der Waals surface area contributed by atoms with Gasteiger partial charge in [-0.1, -0.05) is 25.1 Å². The van der Waals surface area contributed by atoms with Gasteiger partial charge in [-0.05, 0) is 37.0 Å². The number of para-hydroxylation sites is 1. The molecule has 0 saturated carbocycles. The molecule has 0 spiro atoms. The molecule has 0 unspecified atom stereocenters. The Bertz CT molecular complexity index is 701. The molecule has 1 aliphatic heterocycles. The highest BCUT2D eigenvalue weighted by molar-refractivity contribution is 5.75. The molecule has 1 N–H and O–H groups in total. The highest BCUT2D eigenvalue weighted by atomic mass is 16.5. The third-order valence-electron chi connectivity index (χ3n) is 4.97. The van der Waals surface area contributed by atoms with E-state index in [9.17, 15) is 4.79 Å². The SMILES string of the molecule is CO[C@@H]1CN(C(=O)N[C@H](C)c2ccccc2-n2cccn2)CC[C@H]1C. The molecule has 2 aromatic rings. The lowest BCUT2D eigenvalue weighted by molar-refractivity contribution is 0.00689. The second kappa shape index (κ2) is 7.70. The lowest BCUT2D eigenvalue weighted by atomic mass is 9.96. The average molecular weight is 342 g/mol. The molecule has 0 aliphatic carbocycles. The van der Waals surface area contributed by atoms with E-state index in [1.165, 1.54) is 0 Å². The summed E-state index contributed by atoms with van der Waals surface area (Å²) in [5, 5.41) is 7.42. The van der Waals surface area contributed by atoms with Gasteiger partial charge in [0.05, 0.1) is 17.8 Å². The van der Waals surface area contributed by atoms with Gasteiger partial charge in [0, 0.05) is 32.6 Å². The number of ether oxygens (including phenoxy) is 1. The quantitative estimate of drug-likeness (QED) is 0.929. The molecule has 25 heavy (non-hydrogen) atoms. The Morgan fingerprint density at radius 2 is 2.16 bits per heavy atom. The van der Waals surface area contributed by atoms with Crippen LogP contribution in [0.15, 0.2) is 42.7 Å². The van der Waals surface area contributed by atoms with Crippen LogP contribution in [0.25, 0.3) is 5.69 Å². The van der Waals surface area contributed by atoms with E-state index in [0.29, 0.717) is 12.5 Å². The molecule has 1 aromatic heterocycles. The van der Waals surface area contributed by atoms with Crippen molar-refractivity contribution in [2.75, 3.05) is 20.2 Å². The Morgan fingerprint density at radius 1 is 1.36 bits per heavy atom. The van der Waals surface area contributed by atoms with Crippen molar-refractivity contribution in [3.8, 4) is 5.69 Å². The van der Waals surface area contributed by atoms with E-state index in [1.807, 2.05) is 53.0 Å². The van der Waals surface area contributed by atoms with Gasteiger partial charge in [0.2, 0.25) is 0 Å². The third-order valence-corrected chi connectivity index (χ3v) is 4.97. The van der Waals surface area contributed by atoms with E-state index in [2.05, 4.69) is 17.3 Å². The largest absolute Gasteiger partial charge is 0.379 e. The van der Waals surface area contributed by atoms with Crippen molar-refractivity contribution < 1.29 is 9.53 Å². The van der Waals surface area contributed by atoms with Crippen LogP contribution in [-0.4, -0.2) is 47.0 Å². The Balaban J connectivity index is 1.71. The summed E-state index contributed by atoms with van der Waals surface area (Å²) < 4.78 is 7.33. The Labute approximate surface area is 148 Å². The van der Waals surface area contributed by atoms with E-state index in [1.54, 1.807) is 13.3 Å². The second-order valence-electron chi connectivity index (χ2n) is 6.67. The summed E-state index contributed by atoms with van der Waals surface area (Å²) >= 11 is 0. The van der Waals surface area contributed by atoms with Crippen molar-refractivity contribution in [2.24, 2.45) is 5.92 Å². The second-order valence-corrected chi connectivity index (χ2v) is 6.67. The van der Waals surface area contributed by atoms with Crippen LogP contribution in [0.5, 0.6) is 0 Å². The molecule has 6 nitrogen and oxygen atoms in total. The number of urea groups is 1. The molecule has 0 bridgehead atoms. The van der Waals surface area contributed by atoms with Crippen LogP contribution in [-0.2, 0) is 4.74 Å². The van der Waals surface area contributed by atoms with Gasteiger partial charge < -0.3 is 15.0 Å². The number of hydrogen-bond donors (Lipinski definition) is 1. The number of piperidine rings is 1. The number of likely N-dealkylation sites (tertiary alicyclic amines) is 1. The Hall–Kier alpha value is -2.34. The normalized spacial score (nSPS) is 21.8. The fourth-order valence-electron chi connectivity index (χ4n) is 3.35. The first-order valence-electron chi connectivity index (χ1n) is 8.77. The maximum absolute atomic E-state index is 12.7. The summed E-state index contributed by atoms with van der Waals surface area (Å²) in [6, 6.07) is 9.72. The van der Waals surface area contributed by atoms with Crippen LogP contribution in [0, 0.1) is 5.92 Å². The Morgan fingerprint density at radius 3 is 2.88 bits per heavy atom. The molecule has 3 atom stereocenters. The highest BCUT2D eigenvalue weighted by Crippen LogP contribution is 2.23. The number of nitrogens with one attached hydrogen (secondary N) is 1. The predicted molar refractivity (Wildman–Crippen MR) is 96.7 cm³/mol. The number of nitrogens with zero attached hydrogens (tertiary/aromatic N) is 3. The smallest absolute Gasteiger partial charge is 0.317 e. The van der Waals surface area contributed by atoms with E-state index in [4.69, 9.17) is 4.74 Å².